The van der Waals surface area contributed by atoms with Crippen LogP contribution in [0.25, 0.3) is 0 Å². The number of carbonyl (C=O) groups is 1. The van der Waals surface area contributed by atoms with Gasteiger partial charge in [-0.1, -0.05) is 43.3 Å². The molecule has 0 bridgehead atoms. The molecule has 0 aromatic heterocycles. The van der Waals surface area contributed by atoms with Crippen molar-refractivity contribution in [2.45, 2.75) is 51.9 Å². The van der Waals surface area contributed by atoms with Crippen molar-refractivity contribution >= 4 is 6.09 Å². The number of rotatable bonds is 8. The van der Waals surface area contributed by atoms with Crippen molar-refractivity contribution in [2.75, 3.05) is 0 Å². The fourth-order valence-electron chi connectivity index (χ4n) is 2.06. The van der Waals surface area contributed by atoms with Crippen molar-refractivity contribution in [1.29, 1.82) is 0 Å². The maximum absolute atomic E-state index is 11.9. The minimum atomic E-state index is -0.755. The zero-order valence-electron chi connectivity index (χ0n) is 13.7. The van der Waals surface area contributed by atoms with Crippen LogP contribution in [-0.4, -0.2) is 22.8 Å². The average molecular weight is 305 g/mol. The summed E-state index contributed by atoms with van der Waals surface area (Å²) in [5.41, 5.74) is 0.192. The third kappa shape index (κ3) is 7.27. The molecule has 122 valence electrons. The number of hydrogen-bond acceptors (Lipinski definition) is 3. The lowest BCUT2D eigenvalue weighted by atomic mass is 9.92. The van der Waals surface area contributed by atoms with E-state index in [2.05, 4.69) is 11.9 Å². The highest BCUT2D eigenvalue weighted by atomic mass is 16.5. The molecule has 1 amide bonds. The molecule has 4 nitrogen and oxygen atoms in total. The Morgan fingerprint density at radius 3 is 2.59 bits per heavy atom. The maximum Gasteiger partial charge on any atom is 0.407 e. The lowest BCUT2D eigenvalue weighted by Crippen LogP contribution is -2.40. The topological polar surface area (TPSA) is 58.6 Å². The van der Waals surface area contributed by atoms with Gasteiger partial charge < -0.3 is 15.2 Å². The average Bonchev–Trinajstić information content (AvgIpc) is 2.48. The number of ether oxygens (including phenoxy) is 1. The summed E-state index contributed by atoms with van der Waals surface area (Å²) < 4.78 is 5.24. The van der Waals surface area contributed by atoms with E-state index in [4.69, 9.17) is 4.74 Å². The Bertz CT molecular complexity index is 465. The minimum Gasteiger partial charge on any atom is -0.445 e. The Kier molecular flexibility index (Phi) is 7.12. The first-order valence-electron chi connectivity index (χ1n) is 7.64. The molecule has 0 aliphatic heterocycles. The number of benzene rings is 1. The molecular weight excluding hydrogens is 278 g/mol. The van der Waals surface area contributed by atoms with Crippen molar-refractivity contribution in [3.63, 3.8) is 0 Å². The summed E-state index contributed by atoms with van der Waals surface area (Å²) in [7, 11) is 0. The number of hydrogen-bond donors (Lipinski definition) is 2. The molecule has 0 heterocycles. The SMILES string of the molecule is C=C[C@@H](C)[C@H](CCC(C)(C)O)NC(=O)OCc1ccccc1. The van der Waals surface area contributed by atoms with Gasteiger partial charge in [0, 0.05) is 6.04 Å². The summed E-state index contributed by atoms with van der Waals surface area (Å²) in [6, 6.07) is 9.44. The van der Waals surface area contributed by atoms with E-state index in [9.17, 15) is 9.90 Å². The molecule has 0 radical (unpaired) electrons. The van der Waals surface area contributed by atoms with E-state index in [1.165, 1.54) is 0 Å². The highest BCUT2D eigenvalue weighted by molar-refractivity contribution is 5.67. The molecule has 0 aliphatic carbocycles. The summed E-state index contributed by atoms with van der Waals surface area (Å²) >= 11 is 0. The molecule has 1 aromatic rings. The van der Waals surface area contributed by atoms with Crippen LogP contribution < -0.4 is 5.32 Å². The van der Waals surface area contributed by atoms with Gasteiger partial charge in [0.05, 0.1) is 5.60 Å². The fourth-order valence-corrected chi connectivity index (χ4v) is 2.06. The van der Waals surface area contributed by atoms with Crippen molar-refractivity contribution in [3.05, 3.63) is 48.6 Å². The quantitative estimate of drug-likeness (QED) is 0.721. The van der Waals surface area contributed by atoms with E-state index in [0.717, 1.165) is 5.56 Å². The fraction of sp³-hybridized carbons (Fsp3) is 0.500. The lowest BCUT2D eigenvalue weighted by molar-refractivity contribution is 0.0629. The van der Waals surface area contributed by atoms with Gasteiger partial charge in [-0.3, -0.25) is 0 Å². The zero-order valence-corrected chi connectivity index (χ0v) is 13.7. The van der Waals surface area contributed by atoms with Crippen LogP contribution in [0.3, 0.4) is 0 Å². The molecule has 0 unspecified atom stereocenters. The van der Waals surface area contributed by atoms with E-state index >= 15 is 0 Å². The van der Waals surface area contributed by atoms with Crippen molar-refractivity contribution in [1.82, 2.24) is 5.32 Å². The number of carbonyl (C=O) groups excluding carboxylic acids is 1. The minimum absolute atomic E-state index is 0.103. The van der Waals surface area contributed by atoms with Crippen LogP contribution >= 0.6 is 0 Å². The van der Waals surface area contributed by atoms with Gasteiger partial charge in [-0.05, 0) is 38.2 Å². The van der Waals surface area contributed by atoms with Gasteiger partial charge in [-0.25, -0.2) is 4.79 Å². The second kappa shape index (κ2) is 8.59. The van der Waals surface area contributed by atoms with Crippen LogP contribution in [0.1, 0.15) is 39.2 Å². The monoisotopic (exact) mass is 305 g/mol. The Morgan fingerprint density at radius 2 is 2.05 bits per heavy atom. The van der Waals surface area contributed by atoms with Crippen LogP contribution in [0.5, 0.6) is 0 Å². The van der Waals surface area contributed by atoms with Crippen LogP contribution in [0, 0.1) is 5.92 Å². The van der Waals surface area contributed by atoms with Crippen LogP contribution in [0.4, 0.5) is 4.79 Å². The zero-order chi connectivity index (χ0) is 16.6. The third-order valence-corrected chi connectivity index (χ3v) is 3.59. The van der Waals surface area contributed by atoms with Crippen LogP contribution in [0.2, 0.25) is 0 Å². The highest BCUT2D eigenvalue weighted by Crippen LogP contribution is 2.17. The van der Waals surface area contributed by atoms with E-state index in [0.29, 0.717) is 12.8 Å². The van der Waals surface area contributed by atoms with Gasteiger partial charge in [0.2, 0.25) is 0 Å². The molecule has 0 spiro atoms. The Morgan fingerprint density at radius 1 is 1.41 bits per heavy atom. The van der Waals surface area contributed by atoms with E-state index in [1.54, 1.807) is 19.9 Å². The van der Waals surface area contributed by atoms with Crippen molar-refractivity contribution in [3.8, 4) is 0 Å². The molecule has 0 saturated carbocycles. The van der Waals surface area contributed by atoms with Gasteiger partial charge in [-0.15, -0.1) is 6.58 Å². The molecule has 2 atom stereocenters. The molecule has 1 rings (SSSR count). The number of alkyl carbamates (subject to hydrolysis) is 1. The largest absolute Gasteiger partial charge is 0.445 e. The normalized spacial score (nSPS) is 14.0. The first-order valence-corrected chi connectivity index (χ1v) is 7.64. The highest BCUT2D eigenvalue weighted by Gasteiger charge is 2.22. The molecule has 2 N–H and O–H groups in total. The number of amides is 1. The van der Waals surface area contributed by atoms with Gasteiger partial charge in [0.25, 0.3) is 0 Å². The third-order valence-electron chi connectivity index (χ3n) is 3.59. The maximum atomic E-state index is 11.9. The predicted molar refractivity (Wildman–Crippen MR) is 88.4 cm³/mol. The summed E-state index contributed by atoms with van der Waals surface area (Å²) in [6.07, 6.45) is 2.61. The predicted octanol–water partition coefficient (Wildman–Crippen LogP) is 3.65. The Labute approximate surface area is 133 Å². The second-order valence-electron chi connectivity index (χ2n) is 6.26. The van der Waals surface area contributed by atoms with Gasteiger partial charge in [-0.2, -0.15) is 0 Å². The van der Waals surface area contributed by atoms with Gasteiger partial charge >= 0.3 is 6.09 Å². The van der Waals surface area contributed by atoms with E-state index in [1.807, 2.05) is 37.3 Å². The Hall–Kier alpha value is -1.81. The summed E-state index contributed by atoms with van der Waals surface area (Å²) in [5.74, 6) is 0.103. The first kappa shape index (κ1) is 18.2. The lowest BCUT2D eigenvalue weighted by Gasteiger charge is -2.26. The van der Waals surface area contributed by atoms with Gasteiger partial charge in [0.1, 0.15) is 6.61 Å². The van der Waals surface area contributed by atoms with Gasteiger partial charge in [0.15, 0.2) is 0 Å². The number of aliphatic hydroxyl groups is 1. The molecular formula is C18H27NO3. The molecule has 4 heteroatoms. The molecule has 22 heavy (non-hydrogen) atoms. The molecule has 1 aromatic carbocycles. The first-order chi connectivity index (χ1) is 10.3. The molecule has 0 fully saturated rings. The smallest absolute Gasteiger partial charge is 0.407 e. The Balaban J connectivity index is 2.49. The van der Waals surface area contributed by atoms with Crippen molar-refractivity contribution in [2.24, 2.45) is 5.92 Å². The summed E-state index contributed by atoms with van der Waals surface area (Å²) in [6.45, 7) is 9.52. The van der Waals surface area contributed by atoms with Crippen LogP contribution in [-0.2, 0) is 11.3 Å². The number of nitrogens with one attached hydrogen (secondary N) is 1. The second-order valence-corrected chi connectivity index (χ2v) is 6.26. The van der Waals surface area contributed by atoms with E-state index < -0.39 is 11.7 Å². The van der Waals surface area contributed by atoms with Crippen LogP contribution in [0.15, 0.2) is 43.0 Å². The molecule has 0 aliphatic rings. The summed E-state index contributed by atoms with van der Waals surface area (Å²) in [5, 5.41) is 12.7. The molecule has 0 saturated heterocycles. The van der Waals surface area contributed by atoms with Crippen molar-refractivity contribution < 1.29 is 14.6 Å². The summed E-state index contributed by atoms with van der Waals surface area (Å²) in [4.78, 5) is 11.9. The van der Waals surface area contributed by atoms with E-state index in [-0.39, 0.29) is 18.6 Å². The standard InChI is InChI=1S/C18H27NO3/c1-5-14(2)16(11-12-18(3,4)21)19-17(20)22-13-15-9-7-6-8-10-15/h5-10,14,16,21H,1,11-13H2,2-4H3,(H,19,20)/t14-,16+/m1/s1.